The number of rotatable bonds is 4. The predicted molar refractivity (Wildman–Crippen MR) is 88.8 cm³/mol. The Morgan fingerprint density at radius 2 is 1.83 bits per heavy atom. The van der Waals surface area contributed by atoms with Gasteiger partial charge in [0.25, 0.3) is 0 Å². The summed E-state index contributed by atoms with van der Waals surface area (Å²) in [6, 6.07) is 0. The van der Waals surface area contributed by atoms with Gasteiger partial charge in [0.2, 0.25) is 0 Å². The fraction of sp³-hybridized carbons (Fsp3) is 0.684. The molecule has 3 rings (SSSR count). The molecule has 0 aromatic carbocycles. The summed E-state index contributed by atoms with van der Waals surface area (Å²) in [7, 11) is 0. The molecule has 4 heteroatoms. The number of esters is 1. The lowest BCUT2D eigenvalue weighted by Gasteiger charge is -2.38. The zero-order chi connectivity index (χ0) is 17.4. The minimum absolute atomic E-state index is 0.0942. The van der Waals surface area contributed by atoms with Gasteiger partial charge in [-0.25, -0.2) is 9.59 Å². The molecule has 0 aliphatic heterocycles. The third-order valence-electron chi connectivity index (χ3n) is 6.48. The van der Waals surface area contributed by atoms with Crippen molar-refractivity contribution in [3.63, 3.8) is 0 Å². The van der Waals surface area contributed by atoms with Crippen molar-refractivity contribution >= 4 is 11.9 Å². The van der Waals surface area contributed by atoms with Gasteiger partial charge < -0.3 is 9.84 Å². The molecule has 3 saturated carbocycles. The maximum absolute atomic E-state index is 11.3. The lowest BCUT2D eigenvalue weighted by atomic mass is 9.70. The van der Waals surface area contributed by atoms with Crippen LogP contribution in [0.2, 0.25) is 0 Å². The molecule has 3 fully saturated rings. The van der Waals surface area contributed by atoms with Crippen molar-refractivity contribution in [2.75, 3.05) is 0 Å². The zero-order valence-corrected chi connectivity index (χ0v) is 14.4. The Hall–Kier alpha value is -1.58. The molecule has 0 radical (unpaired) electrons. The average Bonchev–Trinajstić information content (AvgIpc) is 3.28. The lowest BCUT2D eigenvalue weighted by Crippen LogP contribution is -2.38. The highest BCUT2D eigenvalue weighted by Crippen LogP contribution is 2.66. The van der Waals surface area contributed by atoms with Crippen molar-refractivity contribution in [3.05, 3.63) is 24.8 Å². The van der Waals surface area contributed by atoms with Crippen LogP contribution in [-0.2, 0) is 14.3 Å². The highest BCUT2D eigenvalue weighted by molar-refractivity contribution is 5.86. The first-order valence-corrected chi connectivity index (χ1v) is 8.38. The van der Waals surface area contributed by atoms with Crippen molar-refractivity contribution in [3.8, 4) is 0 Å². The van der Waals surface area contributed by atoms with Crippen molar-refractivity contribution in [1.82, 2.24) is 0 Å². The quantitative estimate of drug-likeness (QED) is 0.629. The molecule has 4 nitrogen and oxygen atoms in total. The number of hydrogen-bond donors (Lipinski definition) is 1. The van der Waals surface area contributed by atoms with E-state index in [9.17, 15) is 9.59 Å². The van der Waals surface area contributed by atoms with E-state index >= 15 is 0 Å². The van der Waals surface area contributed by atoms with Gasteiger partial charge in [-0.3, -0.25) is 0 Å². The van der Waals surface area contributed by atoms with Gasteiger partial charge in [0, 0.05) is 17.1 Å². The number of carboxylic acid groups (broad SMARTS) is 1. The maximum atomic E-state index is 11.3. The Balaban J connectivity index is 0.000000203. The third-order valence-corrected chi connectivity index (χ3v) is 6.48. The van der Waals surface area contributed by atoms with Gasteiger partial charge in [-0.2, -0.15) is 0 Å². The van der Waals surface area contributed by atoms with Crippen LogP contribution in [0.15, 0.2) is 24.8 Å². The molecule has 3 aliphatic carbocycles. The van der Waals surface area contributed by atoms with Crippen molar-refractivity contribution in [2.45, 2.75) is 59.0 Å². The van der Waals surface area contributed by atoms with Crippen molar-refractivity contribution in [2.24, 2.45) is 22.7 Å². The summed E-state index contributed by atoms with van der Waals surface area (Å²) in [5, 5.41) is 8.29. The highest BCUT2D eigenvalue weighted by atomic mass is 16.5. The minimum atomic E-state index is -0.840. The Bertz CT molecular complexity index is 529. The number of ether oxygens (including phenoxy) is 1. The molecule has 128 valence electrons. The second kappa shape index (κ2) is 6.14. The van der Waals surface area contributed by atoms with Crippen LogP contribution in [0, 0.1) is 22.7 Å². The van der Waals surface area contributed by atoms with E-state index in [1.54, 1.807) is 0 Å². The van der Waals surface area contributed by atoms with Gasteiger partial charge in [-0.1, -0.05) is 33.9 Å². The van der Waals surface area contributed by atoms with E-state index in [4.69, 9.17) is 9.84 Å². The molecule has 0 saturated heterocycles. The highest BCUT2D eigenvalue weighted by Gasteiger charge is 2.62. The second-order valence-corrected chi connectivity index (χ2v) is 7.84. The van der Waals surface area contributed by atoms with Gasteiger partial charge in [0.15, 0.2) is 0 Å². The predicted octanol–water partition coefficient (Wildman–Crippen LogP) is 3.97. The number of aliphatic carboxylic acids is 1. The average molecular weight is 320 g/mol. The SMILES string of the molecule is C=C(C(=O)O)C1CC1.C=CC(=O)OC1CC2CCC1(C)C2(C)C. The van der Waals surface area contributed by atoms with Crippen LogP contribution in [0.3, 0.4) is 0 Å². The summed E-state index contributed by atoms with van der Waals surface area (Å²) in [5.74, 6) is -0.102. The molecule has 3 atom stereocenters. The molecule has 1 N–H and O–H groups in total. The summed E-state index contributed by atoms with van der Waals surface area (Å²) in [4.78, 5) is 21.3. The first-order chi connectivity index (χ1) is 10.6. The van der Waals surface area contributed by atoms with Crippen LogP contribution in [0.1, 0.15) is 52.9 Å². The topological polar surface area (TPSA) is 63.6 Å². The summed E-state index contributed by atoms with van der Waals surface area (Å²) in [6.45, 7) is 13.8. The van der Waals surface area contributed by atoms with E-state index in [0.717, 1.165) is 19.3 Å². The van der Waals surface area contributed by atoms with Crippen LogP contribution in [0.25, 0.3) is 0 Å². The van der Waals surface area contributed by atoms with E-state index in [2.05, 4.69) is 33.9 Å². The van der Waals surface area contributed by atoms with Crippen LogP contribution < -0.4 is 0 Å². The van der Waals surface area contributed by atoms with E-state index in [1.165, 1.54) is 18.9 Å². The van der Waals surface area contributed by atoms with Gasteiger partial charge in [-0.05, 0) is 49.4 Å². The molecule has 3 unspecified atom stereocenters. The molecule has 0 aromatic heterocycles. The smallest absolute Gasteiger partial charge is 0.331 e. The summed E-state index contributed by atoms with van der Waals surface area (Å²) < 4.78 is 5.48. The normalized spacial score (nSPS) is 33.3. The van der Waals surface area contributed by atoms with Crippen LogP contribution in [-0.4, -0.2) is 23.1 Å². The number of carboxylic acids is 1. The van der Waals surface area contributed by atoms with Gasteiger partial charge in [-0.15, -0.1) is 0 Å². The lowest BCUT2D eigenvalue weighted by molar-refractivity contribution is -0.150. The van der Waals surface area contributed by atoms with E-state index in [0.29, 0.717) is 22.8 Å². The first kappa shape index (κ1) is 17.8. The standard InChI is InChI=1S/C13H20O2.C6H8O2/c1-5-11(14)15-10-8-9-6-7-13(10,4)12(9,2)3;1-4(6(7)8)5-2-3-5/h5,9-10H,1,6-8H2,2-4H3;5H,1-3H2,(H,7,8). The monoisotopic (exact) mass is 320 g/mol. The summed E-state index contributed by atoms with van der Waals surface area (Å²) in [6.07, 6.45) is 6.89. The Morgan fingerprint density at radius 3 is 2.13 bits per heavy atom. The molecule has 0 heterocycles. The van der Waals surface area contributed by atoms with Gasteiger partial charge in [0.1, 0.15) is 6.10 Å². The maximum Gasteiger partial charge on any atom is 0.331 e. The molecule has 3 aliphatic rings. The Kier molecular flexibility index (Phi) is 4.74. The molecule has 0 spiro atoms. The van der Waals surface area contributed by atoms with Crippen molar-refractivity contribution < 1.29 is 19.4 Å². The van der Waals surface area contributed by atoms with E-state index in [-0.39, 0.29) is 17.5 Å². The second-order valence-electron chi connectivity index (χ2n) is 7.84. The van der Waals surface area contributed by atoms with Crippen LogP contribution >= 0.6 is 0 Å². The summed E-state index contributed by atoms with van der Waals surface area (Å²) in [5.41, 5.74) is 0.847. The molecular formula is C19H28O4. The minimum Gasteiger partial charge on any atom is -0.478 e. The van der Waals surface area contributed by atoms with Gasteiger partial charge >= 0.3 is 11.9 Å². The number of carbonyl (C=O) groups is 2. The molecular weight excluding hydrogens is 292 g/mol. The largest absolute Gasteiger partial charge is 0.478 e. The van der Waals surface area contributed by atoms with E-state index < -0.39 is 5.97 Å². The Morgan fingerprint density at radius 1 is 1.22 bits per heavy atom. The zero-order valence-electron chi connectivity index (χ0n) is 14.4. The fourth-order valence-electron chi connectivity index (χ4n) is 4.10. The third kappa shape index (κ3) is 3.22. The van der Waals surface area contributed by atoms with Crippen LogP contribution in [0.4, 0.5) is 0 Å². The number of carbonyl (C=O) groups excluding carboxylic acids is 1. The fourth-order valence-corrected chi connectivity index (χ4v) is 4.10. The van der Waals surface area contributed by atoms with Gasteiger partial charge in [0.05, 0.1) is 0 Å². The van der Waals surface area contributed by atoms with E-state index in [1.807, 2.05) is 0 Å². The van der Waals surface area contributed by atoms with Crippen molar-refractivity contribution in [1.29, 1.82) is 0 Å². The molecule has 0 aromatic rings. The number of hydrogen-bond acceptors (Lipinski definition) is 3. The first-order valence-electron chi connectivity index (χ1n) is 8.38. The number of fused-ring (bicyclic) bond motifs is 2. The summed E-state index contributed by atoms with van der Waals surface area (Å²) >= 11 is 0. The van der Waals surface area contributed by atoms with Crippen LogP contribution in [0.5, 0.6) is 0 Å². The molecule has 23 heavy (non-hydrogen) atoms. The molecule has 2 bridgehead atoms. The Labute approximate surface area is 138 Å². The molecule has 0 amide bonds.